The van der Waals surface area contributed by atoms with Gasteiger partial charge in [0.05, 0.1) is 5.92 Å². The molecule has 1 aromatic carbocycles. The highest BCUT2D eigenvalue weighted by Crippen LogP contribution is 2.21. The summed E-state index contributed by atoms with van der Waals surface area (Å²) in [6, 6.07) is 5.53. The van der Waals surface area contributed by atoms with Crippen molar-refractivity contribution < 1.29 is 9.21 Å². The first kappa shape index (κ1) is 17.8. The average molecular weight is 332 g/mol. The van der Waals surface area contributed by atoms with E-state index in [1.807, 2.05) is 25.1 Å². The lowest BCUT2D eigenvalue weighted by molar-refractivity contribution is -0.120. The predicted molar refractivity (Wildman–Crippen MR) is 87.5 cm³/mol. The van der Waals surface area contributed by atoms with Gasteiger partial charge in [0.15, 0.2) is 11.5 Å². The number of benzene rings is 1. The van der Waals surface area contributed by atoms with E-state index in [-0.39, 0.29) is 36.6 Å². The van der Waals surface area contributed by atoms with Gasteiger partial charge in [-0.2, -0.15) is 0 Å². The van der Waals surface area contributed by atoms with Gasteiger partial charge in [-0.05, 0) is 37.6 Å². The summed E-state index contributed by atoms with van der Waals surface area (Å²) in [6.07, 6.45) is 2.00. The third-order valence-corrected chi connectivity index (χ3v) is 3.43. The van der Waals surface area contributed by atoms with Crippen molar-refractivity contribution in [3.8, 4) is 0 Å². The molecule has 1 aliphatic rings. The molecule has 21 heavy (non-hydrogen) atoms. The third-order valence-electron chi connectivity index (χ3n) is 3.43. The van der Waals surface area contributed by atoms with E-state index < -0.39 is 0 Å². The number of amides is 1. The van der Waals surface area contributed by atoms with Gasteiger partial charge in [-0.25, -0.2) is 4.98 Å². The molecule has 1 saturated heterocycles. The molecule has 2 N–H and O–H groups in total. The molecule has 0 saturated carbocycles. The molecule has 1 amide bonds. The molecular formula is C14H19Cl2N3O2. The zero-order chi connectivity index (χ0) is 13.2. The summed E-state index contributed by atoms with van der Waals surface area (Å²) >= 11 is 0. The number of hydrogen-bond donors (Lipinski definition) is 2. The number of halogens is 2. The van der Waals surface area contributed by atoms with Crippen molar-refractivity contribution in [1.82, 2.24) is 10.3 Å². The molecule has 2 heterocycles. The van der Waals surface area contributed by atoms with Crippen LogP contribution in [0.2, 0.25) is 0 Å². The first-order valence-electron chi connectivity index (χ1n) is 6.61. The van der Waals surface area contributed by atoms with Crippen molar-refractivity contribution in [1.29, 1.82) is 0 Å². The number of fused-ring (bicyclic) bond motifs is 1. The van der Waals surface area contributed by atoms with Gasteiger partial charge < -0.3 is 15.1 Å². The maximum Gasteiger partial charge on any atom is 0.228 e. The van der Waals surface area contributed by atoms with E-state index in [9.17, 15) is 4.79 Å². The van der Waals surface area contributed by atoms with Gasteiger partial charge in [0.1, 0.15) is 5.52 Å². The molecule has 1 aromatic heterocycles. The Labute approximate surface area is 135 Å². The number of nitrogens with zero attached hydrogens (tertiary/aromatic N) is 1. The number of oxazole rings is 1. The molecule has 0 unspecified atom stereocenters. The number of carbonyl (C=O) groups excluding carboxylic acids is 1. The normalized spacial score (nSPS) is 17.7. The van der Waals surface area contributed by atoms with E-state index >= 15 is 0 Å². The number of hydrogen-bond acceptors (Lipinski definition) is 4. The summed E-state index contributed by atoms with van der Waals surface area (Å²) in [4.78, 5) is 16.4. The Morgan fingerprint density at radius 1 is 1.43 bits per heavy atom. The maximum absolute atomic E-state index is 12.1. The van der Waals surface area contributed by atoms with Crippen LogP contribution in [-0.4, -0.2) is 24.0 Å². The minimum absolute atomic E-state index is 0. The van der Waals surface area contributed by atoms with Crippen LogP contribution in [-0.2, 0) is 4.79 Å². The van der Waals surface area contributed by atoms with Crippen molar-refractivity contribution in [2.24, 2.45) is 5.92 Å². The fourth-order valence-electron chi connectivity index (χ4n) is 2.44. The number of rotatable bonds is 2. The van der Waals surface area contributed by atoms with Crippen molar-refractivity contribution in [3.05, 3.63) is 24.1 Å². The van der Waals surface area contributed by atoms with Crippen LogP contribution in [0.5, 0.6) is 0 Å². The van der Waals surface area contributed by atoms with Crippen LogP contribution in [0.1, 0.15) is 18.7 Å². The summed E-state index contributed by atoms with van der Waals surface area (Å²) in [5.41, 5.74) is 2.29. The number of carbonyl (C=O) groups is 1. The zero-order valence-electron chi connectivity index (χ0n) is 11.7. The highest BCUT2D eigenvalue weighted by Gasteiger charge is 2.20. The van der Waals surface area contributed by atoms with Gasteiger partial charge in [-0.1, -0.05) is 0 Å². The van der Waals surface area contributed by atoms with E-state index in [0.29, 0.717) is 5.89 Å². The van der Waals surface area contributed by atoms with Crippen LogP contribution < -0.4 is 10.6 Å². The molecule has 2 aromatic rings. The van der Waals surface area contributed by atoms with Gasteiger partial charge in [-0.15, -0.1) is 24.8 Å². The van der Waals surface area contributed by atoms with E-state index in [0.717, 1.165) is 42.7 Å². The Kier molecular flexibility index (Phi) is 6.45. The highest BCUT2D eigenvalue weighted by atomic mass is 35.5. The number of piperidine rings is 1. The van der Waals surface area contributed by atoms with Gasteiger partial charge >= 0.3 is 0 Å². The van der Waals surface area contributed by atoms with Gasteiger partial charge in [-0.3, -0.25) is 4.79 Å². The fraction of sp³-hybridized carbons (Fsp3) is 0.429. The number of aryl methyl sites for hydroxylation is 1. The lowest BCUT2D eigenvalue weighted by atomic mass is 9.99. The van der Waals surface area contributed by atoms with Crippen LogP contribution in [0.4, 0.5) is 5.69 Å². The Morgan fingerprint density at radius 3 is 2.95 bits per heavy atom. The molecule has 0 bridgehead atoms. The number of nitrogens with one attached hydrogen (secondary N) is 2. The summed E-state index contributed by atoms with van der Waals surface area (Å²) < 4.78 is 5.41. The molecule has 1 fully saturated rings. The summed E-state index contributed by atoms with van der Waals surface area (Å²) in [6.45, 7) is 3.58. The number of aromatic nitrogens is 1. The van der Waals surface area contributed by atoms with Gasteiger partial charge in [0.25, 0.3) is 0 Å². The summed E-state index contributed by atoms with van der Waals surface area (Å²) in [7, 11) is 0. The van der Waals surface area contributed by atoms with E-state index in [2.05, 4.69) is 15.6 Å². The SMILES string of the molecule is Cc1nc2cc(NC(=O)[C@@H]3CCCNC3)ccc2o1.Cl.Cl. The van der Waals surface area contributed by atoms with Crippen LogP contribution in [0.15, 0.2) is 22.6 Å². The standard InChI is InChI=1S/C14H17N3O2.2ClH/c1-9-16-12-7-11(4-5-13(12)19-9)17-14(18)10-3-2-6-15-8-10;;/h4-5,7,10,15H,2-3,6,8H2,1H3,(H,17,18);2*1H/t10-;;/m1../s1. The zero-order valence-corrected chi connectivity index (χ0v) is 13.4. The second kappa shape index (κ2) is 7.64. The first-order chi connectivity index (χ1) is 9.22. The fourth-order valence-corrected chi connectivity index (χ4v) is 2.44. The molecule has 1 atom stereocenters. The lowest BCUT2D eigenvalue weighted by Crippen LogP contribution is -2.37. The number of anilines is 1. The van der Waals surface area contributed by atoms with Crippen molar-refractivity contribution in [2.75, 3.05) is 18.4 Å². The molecule has 5 nitrogen and oxygen atoms in total. The second-order valence-corrected chi connectivity index (χ2v) is 4.95. The van der Waals surface area contributed by atoms with Crippen LogP contribution in [0.25, 0.3) is 11.1 Å². The van der Waals surface area contributed by atoms with Crippen LogP contribution >= 0.6 is 24.8 Å². The molecule has 0 radical (unpaired) electrons. The lowest BCUT2D eigenvalue weighted by Gasteiger charge is -2.21. The van der Waals surface area contributed by atoms with Crippen molar-refractivity contribution in [2.45, 2.75) is 19.8 Å². The maximum atomic E-state index is 12.1. The Bertz CT molecular complexity index is 609. The van der Waals surface area contributed by atoms with E-state index in [1.54, 1.807) is 0 Å². The van der Waals surface area contributed by atoms with Gasteiger partial charge in [0, 0.05) is 19.2 Å². The van der Waals surface area contributed by atoms with E-state index in [4.69, 9.17) is 4.42 Å². The summed E-state index contributed by atoms with van der Waals surface area (Å²) in [5.74, 6) is 0.769. The molecule has 0 aliphatic carbocycles. The first-order valence-corrected chi connectivity index (χ1v) is 6.61. The Morgan fingerprint density at radius 2 is 2.24 bits per heavy atom. The smallest absolute Gasteiger partial charge is 0.228 e. The predicted octanol–water partition coefficient (Wildman–Crippen LogP) is 2.92. The summed E-state index contributed by atoms with van der Waals surface area (Å²) in [5, 5.41) is 6.20. The minimum atomic E-state index is 0. The minimum Gasteiger partial charge on any atom is -0.441 e. The highest BCUT2D eigenvalue weighted by molar-refractivity contribution is 5.94. The molecule has 7 heteroatoms. The molecule has 116 valence electrons. The monoisotopic (exact) mass is 331 g/mol. The van der Waals surface area contributed by atoms with Gasteiger partial charge in [0.2, 0.25) is 5.91 Å². The largest absolute Gasteiger partial charge is 0.441 e. The average Bonchev–Trinajstić information content (AvgIpc) is 2.79. The van der Waals surface area contributed by atoms with E-state index in [1.165, 1.54) is 0 Å². The molecule has 1 aliphatic heterocycles. The molecule has 0 spiro atoms. The van der Waals surface area contributed by atoms with Crippen molar-refractivity contribution >= 4 is 47.5 Å². The van der Waals surface area contributed by atoms with Crippen LogP contribution in [0.3, 0.4) is 0 Å². The van der Waals surface area contributed by atoms with Crippen LogP contribution in [0, 0.1) is 12.8 Å². The van der Waals surface area contributed by atoms with Crippen molar-refractivity contribution in [3.63, 3.8) is 0 Å². The third kappa shape index (κ3) is 4.09. The topological polar surface area (TPSA) is 67.2 Å². The Hall–Kier alpha value is -1.30. The molecular weight excluding hydrogens is 313 g/mol. The molecule has 3 rings (SSSR count). The Balaban J connectivity index is 0.00000110. The second-order valence-electron chi connectivity index (χ2n) is 4.95. The quantitative estimate of drug-likeness (QED) is 0.887.